The van der Waals surface area contributed by atoms with Gasteiger partial charge in [-0.15, -0.1) is 0 Å². The quantitative estimate of drug-likeness (QED) is 0.558. The first-order chi connectivity index (χ1) is 11.0. The first kappa shape index (κ1) is 14.5. The van der Waals surface area contributed by atoms with Crippen molar-refractivity contribution in [2.45, 2.75) is 6.92 Å². The standard InChI is InChI=1S/C15H12N4O4/c1-7-6-10(13(21)19-18-7)17-15(23)11-12(20)8-4-2-3-5-9(8)16-14(11)22/h2-6H,1H3,(H,19,21)(H2,16,20,22)(H,17,18,23). The van der Waals surface area contributed by atoms with Crippen molar-refractivity contribution < 1.29 is 9.90 Å². The number of amides is 1. The second kappa shape index (κ2) is 5.41. The molecule has 0 bridgehead atoms. The molecule has 1 amide bonds. The number of pyridine rings is 1. The van der Waals surface area contributed by atoms with Crippen LogP contribution in [0.2, 0.25) is 0 Å². The van der Waals surface area contributed by atoms with Gasteiger partial charge in [0.15, 0.2) is 0 Å². The number of aromatic amines is 2. The highest BCUT2D eigenvalue weighted by Crippen LogP contribution is 2.24. The minimum Gasteiger partial charge on any atom is -0.506 e. The molecular formula is C15H12N4O4. The maximum atomic E-state index is 12.3. The van der Waals surface area contributed by atoms with E-state index in [0.29, 0.717) is 16.6 Å². The molecule has 0 fully saturated rings. The summed E-state index contributed by atoms with van der Waals surface area (Å²) in [4.78, 5) is 38.5. The molecule has 0 unspecified atom stereocenters. The molecule has 0 saturated carbocycles. The normalized spacial score (nSPS) is 10.7. The Morgan fingerprint density at radius 1 is 1.22 bits per heavy atom. The number of hydrogen-bond acceptors (Lipinski definition) is 5. The van der Waals surface area contributed by atoms with Crippen molar-refractivity contribution in [1.82, 2.24) is 15.2 Å². The van der Waals surface area contributed by atoms with Crippen LogP contribution in [0.25, 0.3) is 10.9 Å². The number of H-pyrrole nitrogens is 2. The van der Waals surface area contributed by atoms with E-state index < -0.39 is 28.3 Å². The van der Waals surface area contributed by atoms with Crippen LogP contribution in [-0.2, 0) is 0 Å². The van der Waals surface area contributed by atoms with Gasteiger partial charge in [-0.25, -0.2) is 5.10 Å². The topological polar surface area (TPSA) is 128 Å². The van der Waals surface area contributed by atoms with Gasteiger partial charge in [0, 0.05) is 5.39 Å². The number of benzene rings is 1. The van der Waals surface area contributed by atoms with Gasteiger partial charge < -0.3 is 15.4 Å². The van der Waals surface area contributed by atoms with Crippen LogP contribution in [-0.4, -0.2) is 26.2 Å². The summed E-state index contributed by atoms with van der Waals surface area (Å²) in [5, 5.41) is 18.8. The Kier molecular flexibility index (Phi) is 3.41. The van der Waals surface area contributed by atoms with Crippen LogP contribution in [0.5, 0.6) is 5.75 Å². The number of rotatable bonds is 2. The predicted molar refractivity (Wildman–Crippen MR) is 83.8 cm³/mol. The van der Waals surface area contributed by atoms with E-state index in [1.165, 1.54) is 6.07 Å². The fourth-order valence-electron chi connectivity index (χ4n) is 2.22. The monoisotopic (exact) mass is 312 g/mol. The van der Waals surface area contributed by atoms with Crippen LogP contribution < -0.4 is 16.4 Å². The first-order valence-electron chi connectivity index (χ1n) is 6.69. The molecule has 116 valence electrons. The van der Waals surface area contributed by atoms with E-state index in [0.717, 1.165) is 0 Å². The molecule has 8 nitrogen and oxygen atoms in total. The summed E-state index contributed by atoms with van der Waals surface area (Å²) in [5.74, 6) is -1.32. The second-order valence-corrected chi connectivity index (χ2v) is 4.93. The molecule has 0 radical (unpaired) electrons. The van der Waals surface area contributed by atoms with Crippen LogP contribution in [0, 0.1) is 6.92 Å². The summed E-state index contributed by atoms with van der Waals surface area (Å²) >= 11 is 0. The average Bonchev–Trinajstić information content (AvgIpc) is 2.51. The zero-order chi connectivity index (χ0) is 16.6. The number of nitrogens with zero attached hydrogens (tertiary/aromatic N) is 1. The minimum absolute atomic E-state index is 0.0607. The number of aromatic nitrogens is 3. The van der Waals surface area contributed by atoms with E-state index in [4.69, 9.17) is 0 Å². The summed E-state index contributed by atoms with van der Waals surface area (Å²) in [7, 11) is 0. The van der Waals surface area contributed by atoms with Crippen LogP contribution in [0.4, 0.5) is 5.69 Å². The maximum absolute atomic E-state index is 12.3. The Bertz CT molecular complexity index is 1040. The molecular weight excluding hydrogens is 300 g/mol. The van der Waals surface area contributed by atoms with Crippen LogP contribution >= 0.6 is 0 Å². The average molecular weight is 312 g/mol. The molecule has 3 rings (SSSR count). The zero-order valence-corrected chi connectivity index (χ0v) is 12.0. The van der Waals surface area contributed by atoms with Crippen molar-refractivity contribution in [3.05, 3.63) is 62.3 Å². The molecule has 0 aliphatic rings. The first-order valence-corrected chi connectivity index (χ1v) is 6.69. The van der Waals surface area contributed by atoms with E-state index in [2.05, 4.69) is 20.5 Å². The fourth-order valence-corrected chi connectivity index (χ4v) is 2.22. The van der Waals surface area contributed by atoms with Crippen LogP contribution in [0.3, 0.4) is 0 Å². The van der Waals surface area contributed by atoms with E-state index in [1.807, 2.05) is 0 Å². The van der Waals surface area contributed by atoms with E-state index in [1.54, 1.807) is 31.2 Å². The van der Waals surface area contributed by atoms with Crippen molar-refractivity contribution in [1.29, 1.82) is 0 Å². The molecule has 0 spiro atoms. The van der Waals surface area contributed by atoms with E-state index in [9.17, 15) is 19.5 Å². The highest BCUT2D eigenvalue weighted by molar-refractivity contribution is 6.08. The second-order valence-electron chi connectivity index (χ2n) is 4.93. The molecule has 4 N–H and O–H groups in total. The number of anilines is 1. The van der Waals surface area contributed by atoms with Crippen LogP contribution in [0.1, 0.15) is 16.1 Å². The van der Waals surface area contributed by atoms with Gasteiger partial charge in [-0.2, -0.15) is 5.10 Å². The zero-order valence-electron chi connectivity index (χ0n) is 12.0. The van der Waals surface area contributed by atoms with Gasteiger partial charge in [-0.05, 0) is 25.1 Å². The molecule has 23 heavy (non-hydrogen) atoms. The summed E-state index contributed by atoms with van der Waals surface area (Å²) in [6.45, 7) is 1.63. The smallest absolute Gasteiger partial charge is 0.287 e. The molecule has 2 aromatic heterocycles. The summed E-state index contributed by atoms with van der Waals surface area (Å²) in [5.41, 5.74) is -0.991. The van der Waals surface area contributed by atoms with E-state index >= 15 is 0 Å². The molecule has 0 aliphatic heterocycles. The number of nitrogens with one attached hydrogen (secondary N) is 3. The lowest BCUT2D eigenvalue weighted by Gasteiger charge is -2.08. The fraction of sp³-hybridized carbons (Fsp3) is 0.0667. The Morgan fingerprint density at radius 2 is 1.96 bits per heavy atom. The number of hydrogen-bond donors (Lipinski definition) is 4. The van der Waals surface area contributed by atoms with Crippen molar-refractivity contribution in [3.63, 3.8) is 0 Å². The molecule has 8 heteroatoms. The summed E-state index contributed by atoms with van der Waals surface area (Å²) in [6.07, 6.45) is 0. The van der Waals surface area contributed by atoms with Gasteiger partial charge in [-0.3, -0.25) is 14.4 Å². The van der Waals surface area contributed by atoms with Gasteiger partial charge in [0.05, 0.1) is 11.2 Å². The van der Waals surface area contributed by atoms with Gasteiger partial charge in [0.1, 0.15) is 17.0 Å². The Labute approximate surface area is 128 Å². The Morgan fingerprint density at radius 3 is 2.74 bits per heavy atom. The lowest BCUT2D eigenvalue weighted by molar-refractivity contribution is 0.102. The number of aromatic hydroxyl groups is 1. The third kappa shape index (κ3) is 2.57. The largest absolute Gasteiger partial charge is 0.506 e. The van der Waals surface area contributed by atoms with Gasteiger partial charge in [0.25, 0.3) is 17.0 Å². The van der Waals surface area contributed by atoms with E-state index in [-0.39, 0.29) is 5.69 Å². The summed E-state index contributed by atoms with van der Waals surface area (Å²) < 4.78 is 0. The number of para-hydroxylation sites is 1. The Balaban J connectivity index is 2.09. The molecule has 0 aliphatic carbocycles. The highest BCUT2D eigenvalue weighted by Gasteiger charge is 2.20. The Hall–Kier alpha value is -3.42. The van der Waals surface area contributed by atoms with Crippen molar-refractivity contribution in [2.24, 2.45) is 0 Å². The lowest BCUT2D eigenvalue weighted by Crippen LogP contribution is -2.26. The van der Waals surface area contributed by atoms with Gasteiger partial charge >= 0.3 is 0 Å². The maximum Gasteiger partial charge on any atom is 0.287 e. The van der Waals surface area contributed by atoms with Crippen molar-refractivity contribution in [2.75, 3.05) is 5.32 Å². The number of aryl methyl sites for hydroxylation is 1. The molecule has 2 heterocycles. The third-order valence-corrected chi connectivity index (χ3v) is 3.30. The number of carbonyl (C=O) groups excluding carboxylic acids is 1. The van der Waals surface area contributed by atoms with Gasteiger partial charge in [-0.1, -0.05) is 12.1 Å². The third-order valence-electron chi connectivity index (χ3n) is 3.30. The molecule has 0 atom stereocenters. The lowest BCUT2D eigenvalue weighted by atomic mass is 10.1. The molecule has 0 saturated heterocycles. The highest BCUT2D eigenvalue weighted by atomic mass is 16.3. The van der Waals surface area contributed by atoms with Crippen molar-refractivity contribution >= 4 is 22.5 Å². The van der Waals surface area contributed by atoms with Crippen LogP contribution in [0.15, 0.2) is 39.9 Å². The molecule has 3 aromatic rings. The predicted octanol–water partition coefficient (Wildman–Crippen LogP) is 0.878. The summed E-state index contributed by atoms with van der Waals surface area (Å²) in [6, 6.07) is 7.90. The SMILES string of the molecule is Cc1cc(NC(=O)c2c(O)c3ccccc3[nH]c2=O)c(=O)[nH]n1. The number of fused-ring (bicyclic) bond motifs is 1. The molecule has 1 aromatic carbocycles. The number of carbonyl (C=O) groups is 1. The van der Waals surface area contributed by atoms with Gasteiger partial charge in [0.2, 0.25) is 0 Å². The van der Waals surface area contributed by atoms with Crippen molar-refractivity contribution in [3.8, 4) is 5.75 Å². The minimum atomic E-state index is -0.884.